The van der Waals surface area contributed by atoms with Crippen LogP contribution in [0.4, 0.5) is 5.69 Å². The molecule has 0 aromatic heterocycles. The summed E-state index contributed by atoms with van der Waals surface area (Å²) in [5.74, 6) is -0.321. The first-order chi connectivity index (χ1) is 17.9. The number of nitrogens with one attached hydrogen (secondary N) is 2. The lowest BCUT2D eigenvalue weighted by atomic mass is 9.83. The Labute approximate surface area is 216 Å². The first-order valence-electron chi connectivity index (χ1n) is 12.9. The monoisotopic (exact) mass is 497 g/mol. The van der Waals surface area contributed by atoms with Crippen LogP contribution in [0.25, 0.3) is 6.08 Å². The summed E-state index contributed by atoms with van der Waals surface area (Å²) < 4.78 is 5.42. The number of fused-ring (bicyclic) bond motifs is 2. The Balaban J connectivity index is 1.23. The molecule has 0 bridgehead atoms. The third kappa shape index (κ3) is 5.59. The number of nitrogens with zero attached hydrogens (tertiary/aromatic N) is 1. The molecule has 2 aliphatic carbocycles. The van der Waals surface area contributed by atoms with Gasteiger partial charge in [0.15, 0.2) is 5.78 Å². The molecule has 3 aliphatic rings. The van der Waals surface area contributed by atoms with Crippen molar-refractivity contribution in [2.24, 2.45) is 17.8 Å². The van der Waals surface area contributed by atoms with Gasteiger partial charge in [0.05, 0.1) is 25.1 Å². The van der Waals surface area contributed by atoms with E-state index >= 15 is 0 Å². The predicted molar refractivity (Wildman–Crippen MR) is 140 cm³/mol. The minimum absolute atomic E-state index is 0.0205. The van der Waals surface area contributed by atoms with Gasteiger partial charge in [-0.3, -0.25) is 14.4 Å². The van der Waals surface area contributed by atoms with E-state index in [1.807, 2.05) is 48.5 Å². The molecule has 37 heavy (non-hydrogen) atoms. The molecule has 1 saturated carbocycles. The van der Waals surface area contributed by atoms with Crippen molar-refractivity contribution < 1.29 is 19.1 Å². The molecule has 2 amide bonds. The zero-order valence-electron chi connectivity index (χ0n) is 21.0. The standard InChI is InChI=1S/C30H31N3O4/c1-37-28-8-4-6-20-14-23(16-24(20)28)30(36)33-26(12-18-9-10-18)27(34)13-19(17-31)11-22-15-21-5-2-3-7-25(21)32-29(22)35/h2-8,16,18-19,22,26H,9-15H2,1H3,(H,32,35)(H,33,36). The van der Waals surface area contributed by atoms with Crippen molar-refractivity contribution in [3.8, 4) is 11.8 Å². The topological polar surface area (TPSA) is 108 Å². The summed E-state index contributed by atoms with van der Waals surface area (Å²) in [6, 6.07) is 15.0. The molecule has 7 nitrogen and oxygen atoms in total. The molecule has 2 N–H and O–H groups in total. The number of ether oxygens (including phenoxy) is 1. The number of nitriles is 1. The predicted octanol–water partition coefficient (Wildman–Crippen LogP) is 4.22. The normalized spacial score (nSPS) is 19.4. The lowest BCUT2D eigenvalue weighted by molar-refractivity contribution is -0.127. The number of methoxy groups -OCH3 is 1. The molecule has 1 fully saturated rings. The van der Waals surface area contributed by atoms with E-state index in [1.54, 1.807) is 7.11 Å². The van der Waals surface area contributed by atoms with Crippen molar-refractivity contribution in [3.05, 3.63) is 64.7 Å². The van der Waals surface area contributed by atoms with Crippen LogP contribution < -0.4 is 15.4 Å². The quantitative estimate of drug-likeness (QED) is 0.511. The van der Waals surface area contributed by atoms with E-state index in [0.29, 0.717) is 37.2 Å². The molecular weight excluding hydrogens is 466 g/mol. The number of Topliss-reactive ketones (excluding diaryl/α,β-unsaturated/α-hetero) is 1. The van der Waals surface area contributed by atoms with Gasteiger partial charge < -0.3 is 15.4 Å². The summed E-state index contributed by atoms with van der Waals surface area (Å²) in [4.78, 5) is 39.2. The molecule has 0 radical (unpaired) electrons. The number of anilines is 1. The highest BCUT2D eigenvalue weighted by Gasteiger charge is 2.34. The van der Waals surface area contributed by atoms with Crippen LogP contribution >= 0.6 is 0 Å². The Bertz CT molecular complexity index is 1300. The molecule has 7 heteroatoms. The largest absolute Gasteiger partial charge is 0.496 e. The molecule has 0 saturated heterocycles. The van der Waals surface area contributed by atoms with E-state index in [4.69, 9.17) is 4.74 Å². The Kier molecular flexibility index (Phi) is 7.09. The van der Waals surface area contributed by atoms with Crippen molar-refractivity contribution in [2.75, 3.05) is 12.4 Å². The van der Waals surface area contributed by atoms with Crippen LogP contribution in [0.2, 0.25) is 0 Å². The maximum absolute atomic E-state index is 13.4. The van der Waals surface area contributed by atoms with E-state index in [1.165, 1.54) is 0 Å². The van der Waals surface area contributed by atoms with Gasteiger partial charge in [-0.2, -0.15) is 5.26 Å². The Morgan fingerprint density at radius 3 is 2.68 bits per heavy atom. The average Bonchev–Trinajstić information content (AvgIpc) is 3.61. The number of carbonyl (C=O) groups excluding carboxylic acids is 3. The zero-order valence-corrected chi connectivity index (χ0v) is 21.0. The molecule has 3 unspecified atom stereocenters. The highest BCUT2D eigenvalue weighted by molar-refractivity contribution is 6.03. The second kappa shape index (κ2) is 10.6. The van der Waals surface area contributed by atoms with Gasteiger partial charge in [0, 0.05) is 35.6 Å². The smallest absolute Gasteiger partial charge is 0.248 e. The Hall–Kier alpha value is -3.92. The van der Waals surface area contributed by atoms with Crippen LogP contribution in [0, 0.1) is 29.1 Å². The molecule has 1 heterocycles. The van der Waals surface area contributed by atoms with Crippen LogP contribution in [0.5, 0.6) is 5.75 Å². The minimum Gasteiger partial charge on any atom is -0.496 e. The SMILES string of the molecule is COc1cccc2c1C=C(C(=O)NC(CC1CC1)C(=O)CC(C#N)CC1Cc3ccccc3NC1=O)C2. The van der Waals surface area contributed by atoms with Gasteiger partial charge in [0.25, 0.3) is 0 Å². The van der Waals surface area contributed by atoms with E-state index in [-0.39, 0.29) is 29.9 Å². The van der Waals surface area contributed by atoms with E-state index in [9.17, 15) is 19.6 Å². The maximum atomic E-state index is 13.4. The molecular formula is C30H31N3O4. The van der Waals surface area contributed by atoms with E-state index in [0.717, 1.165) is 41.0 Å². The van der Waals surface area contributed by atoms with Gasteiger partial charge in [-0.25, -0.2) is 0 Å². The average molecular weight is 498 g/mol. The van der Waals surface area contributed by atoms with Crippen molar-refractivity contribution in [1.29, 1.82) is 5.26 Å². The molecule has 2 aromatic carbocycles. The van der Waals surface area contributed by atoms with Gasteiger partial charge in [0.1, 0.15) is 5.75 Å². The fourth-order valence-corrected chi connectivity index (χ4v) is 5.38. The lowest BCUT2D eigenvalue weighted by Crippen LogP contribution is -2.42. The fraction of sp³-hybridized carbons (Fsp3) is 0.400. The van der Waals surface area contributed by atoms with Crippen molar-refractivity contribution in [3.63, 3.8) is 0 Å². The maximum Gasteiger partial charge on any atom is 0.248 e. The first-order valence-corrected chi connectivity index (χ1v) is 12.9. The second-order valence-corrected chi connectivity index (χ2v) is 10.4. The number of benzene rings is 2. The molecule has 0 spiro atoms. The van der Waals surface area contributed by atoms with Crippen molar-refractivity contribution >= 4 is 29.4 Å². The van der Waals surface area contributed by atoms with E-state index < -0.39 is 12.0 Å². The summed E-state index contributed by atoms with van der Waals surface area (Å²) in [7, 11) is 1.60. The Morgan fingerprint density at radius 2 is 1.92 bits per heavy atom. The van der Waals surface area contributed by atoms with Gasteiger partial charge in [-0.15, -0.1) is 0 Å². The number of carbonyl (C=O) groups is 3. The van der Waals surface area contributed by atoms with Crippen LogP contribution in [0.3, 0.4) is 0 Å². The summed E-state index contributed by atoms with van der Waals surface area (Å²) in [5.41, 5.74) is 4.36. The molecule has 3 atom stereocenters. The summed E-state index contributed by atoms with van der Waals surface area (Å²) in [6.45, 7) is 0. The number of para-hydroxylation sites is 1. The van der Waals surface area contributed by atoms with Crippen LogP contribution in [0.15, 0.2) is 48.0 Å². The summed E-state index contributed by atoms with van der Waals surface area (Å²) >= 11 is 0. The fourth-order valence-electron chi connectivity index (χ4n) is 5.38. The van der Waals surface area contributed by atoms with Crippen molar-refractivity contribution in [2.45, 2.75) is 51.0 Å². The van der Waals surface area contributed by atoms with Crippen LogP contribution in [-0.4, -0.2) is 30.7 Å². The van der Waals surface area contributed by atoms with Crippen LogP contribution in [-0.2, 0) is 27.2 Å². The number of hydrogen-bond donors (Lipinski definition) is 2. The van der Waals surface area contributed by atoms with Gasteiger partial charge >= 0.3 is 0 Å². The molecule has 2 aromatic rings. The highest BCUT2D eigenvalue weighted by atomic mass is 16.5. The van der Waals surface area contributed by atoms with Gasteiger partial charge in [-0.05, 0) is 54.5 Å². The van der Waals surface area contributed by atoms with Gasteiger partial charge in [0.2, 0.25) is 11.8 Å². The first kappa shape index (κ1) is 24.8. The lowest BCUT2D eigenvalue weighted by Gasteiger charge is -2.26. The second-order valence-electron chi connectivity index (χ2n) is 10.4. The van der Waals surface area contributed by atoms with Gasteiger partial charge in [-0.1, -0.05) is 43.2 Å². The number of rotatable bonds is 10. The number of ketones is 1. The number of hydrogen-bond acceptors (Lipinski definition) is 5. The minimum atomic E-state index is -0.636. The summed E-state index contributed by atoms with van der Waals surface area (Å²) in [6.07, 6.45) is 5.89. The number of amides is 2. The summed E-state index contributed by atoms with van der Waals surface area (Å²) in [5, 5.41) is 15.7. The van der Waals surface area contributed by atoms with E-state index in [2.05, 4.69) is 16.7 Å². The molecule has 1 aliphatic heterocycles. The van der Waals surface area contributed by atoms with Crippen molar-refractivity contribution in [1.82, 2.24) is 5.32 Å². The Morgan fingerprint density at radius 1 is 1.14 bits per heavy atom. The highest BCUT2D eigenvalue weighted by Crippen LogP contribution is 2.36. The third-order valence-corrected chi connectivity index (χ3v) is 7.64. The zero-order chi connectivity index (χ0) is 25.9. The third-order valence-electron chi connectivity index (χ3n) is 7.64. The molecule has 190 valence electrons. The van der Waals surface area contributed by atoms with Crippen LogP contribution in [0.1, 0.15) is 48.8 Å². The molecule has 5 rings (SSSR count).